The van der Waals surface area contributed by atoms with E-state index < -0.39 is 0 Å². The highest BCUT2D eigenvalue weighted by atomic mass is 15.2. The highest BCUT2D eigenvalue weighted by Crippen LogP contribution is 2.24. The van der Waals surface area contributed by atoms with Crippen molar-refractivity contribution in [1.82, 2.24) is 14.5 Å². The van der Waals surface area contributed by atoms with Crippen molar-refractivity contribution in [3.05, 3.63) is 18.2 Å². The number of nitrogens with two attached hydrogens (primary N) is 1. The van der Waals surface area contributed by atoms with E-state index in [0.29, 0.717) is 12.6 Å². The normalized spacial score (nSPS) is 18.7. The third kappa shape index (κ3) is 3.07. The lowest BCUT2D eigenvalue weighted by atomic mass is 10.0. The number of nitrogens with zero attached hydrogens (tertiary/aromatic N) is 3. The van der Waals surface area contributed by atoms with Gasteiger partial charge in [-0.25, -0.2) is 4.98 Å². The van der Waals surface area contributed by atoms with Crippen LogP contribution in [0.3, 0.4) is 0 Å². The summed E-state index contributed by atoms with van der Waals surface area (Å²) in [5, 5.41) is 0. The lowest BCUT2D eigenvalue weighted by Gasteiger charge is -2.33. The fraction of sp³-hybridized carbons (Fsp3) is 0.769. The van der Waals surface area contributed by atoms with E-state index in [4.69, 9.17) is 5.73 Å². The van der Waals surface area contributed by atoms with Crippen LogP contribution < -0.4 is 5.73 Å². The first-order valence-corrected chi connectivity index (χ1v) is 6.78. The summed E-state index contributed by atoms with van der Waals surface area (Å²) in [6.45, 7) is 6.64. The third-order valence-corrected chi connectivity index (χ3v) is 3.64. The Morgan fingerprint density at radius 2 is 2.18 bits per heavy atom. The molecule has 0 bridgehead atoms. The average molecular weight is 236 g/mol. The Morgan fingerprint density at radius 3 is 2.82 bits per heavy atom. The van der Waals surface area contributed by atoms with Gasteiger partial charge in [-0.2, -0.15) is 0 Å². The Morgan fingerprint density at radius 1 is 1.41 bits per heavy atom. The molecule has 0 amide bonds. The van der Waals surface area contributed by atoms with E-state index in [2.05, 4.69) is 21.4 Å². The minimum Gasteiger partial charge on any atom is -0.331 e. The third-order valence-electron chi connectivity index (χ3n) is 3.64. The molecule has 0 unspecified atom stereocenters. The smallest absolute Gasteiger partial charge is 0.0950 e. The molecule has 1 aromatic rings. The molecule has 0 aliphatic carbocycles. The van der Waals surface area contributed by atoms with Crippen molar-refractivity contribution in [1.29, 1.82) is 0 Å². The fourth-order valence-electron chi connectivity index (χ4n) is 2.74. The van der Waals surface area contributed by atoms with E-state index in [0.717, 1.165) is 6.42 Å². The van der Waals surface area contributed by atoms with Crippen LogP contribution in [0.1, 0.15) is 37.9 Å². The zero-order valence-corrected chi connectivity index (χ0v) is 10.8. The molecule has 0 atom stereocenters. The van der Waals surface area contributed by atoms with Gasteiger partial charge in [0.05, 0.1) is 6.33 Å². The summed E-state index contributed by atoms with van der Waals surface area (Å²) in [5.41, 5.74) is 6.92. The van der Waals surface area contributed by atoms with Crippen molar-refractivity contribution >= 4 is 0 Å². The number of hydrogen-bond donors (Lipinski definition) is 1. The lowest BCUT2D eigenvalue weighted by Crippen LogP contribution is -2.35. The standard InChI is InChI=1S/C13H24N4/c1-2-7-16-8-4-12(5-9-16)17-11-15-10-13(17)3-6-14/h10-12H,2-9,14H2,1H3. The highest BCUT2D eigenvalue weighted by molar-refractivity contribution is 5.01. The van der Waals surface area contributed by atoms with Gasteiger partial charge in [0.2, 0.25) is 0 Å². The van der Waals surface area contributed by atoms with Gasteiger partial charge >= 0.3 is 0 Å². The van der Waals surface area contributed by atoms with Crippen molar-refractivity contribution in [3.63, 3.8) is 0 Å². The molecule has 2 N–H and O–H groups in total. The number of likely N-dealkylation sites (tertiary alicyclic amines) is 1. The molecule has 17 heavy (non-hydrogen) atoms. The molecular weight excluding hydrogens is 212 g/mol. The Bertz CT molecular complexity index is 326. The van der Waals surface area contributed by atoms with E-state index in [1.807, 2.05) is 12.5 Å². The van der Waals surface area contributed by atoms with Gasteiger partial charge in [-0.15, -0.1) is 0 Å². The summed E-state index contributed by atoms with van der Waals surface area (Å²) in [6, 6.07) is 0.632. The number of hydrogen-bond acceptors (Lipinski definition) is 3. The van der Waals surface area contributed by atoms with Gasteiger partial charge in [0.1, 0.15) is 0 Å². The maximum absolute atomic E-state index is 5.63. The van der Waals surface area contributed by atoms with Gasteiger partial charge in [-0.3, -0.25) is 0 Å². The number of aromatic nitrogens is 2. The monoisotopic (exact) mass is 236 g/mol. The maximum Gasteiger partial charge on any atom is 0.0950 e. The van der Waals surface area contributed by atoms with Crippen LogP contribution in [-0.4, -0.2) is 40.6 Å². The van der Waals surface area contributed by atoms with Gasteiger partial charge in [0.15, 0.2) is 0 Å². The molecule has 2 rings (SSSR count). The van der Waals surface area contributed by atoms with E-state index in [1.54, 1.807) is 0 Å². The molecule has 1 aliphatic heterocycles. The van der Waals surface area contributed by atoms with Crippen LogP contribution in [0.15, 0.2) is 12.5 Å². The van der Waals surface area contributed by atoms with Gasteiger partial charge in [-0.05, 0) is 32.4 Å². The minimum absolute atomic E-state index is 0.632. The fourth-order valence-corrected chi connectivity index (χ4v) is 2.74. The highest BCUT2D eigenvalue weighted by Gasteiger charge is 2.21. The minimum atomic E-state index is 0.632. The van der Waals surface area contributed by atoms with Gasteiger partial charge in [0.25, 0.3) is 0 Å². The van der Waals surface area contributed by atoms with Crippen molar-refractivity contribution in [2.24, 2.45) is 5.73 Å². The predicted octanol–water partition coefficient (Wildman–Crippen LogP) is 1.43. The molecule has 1 aliphatic rings. The Balaban J connectivity index is 1.93. The van der Waals surface area contributed by atoms with Crippen LogP contribution in [0.4, 0.5) is 0 Å². The zero-order chi connectivity index (χ0) is 12.1. The first-order chi connectivity index (χ1) is 8.35. The molecule has 0 aromatic carbocycles. The van der Waals surface area contributed by atoms with Crippen molar-refractivity contribution in [2.75, 3.05) is 26.2 Å². The SMILES string of the molecule is CCCN1CCC(n2cncc2CCN)CC1. The second kappa shape index (κ2) is 6.17. The lowest BCUT2D eigenvalue weighted by molar-refractivity contribution is 0.185. The summed E-state index contributed by atoms with van der Waals surface area (Å²) in [6.07, 6.45) is 8.63. The van der Waals surface area contributed by atoms with Gasteiger partial charge in [-0.1, -0.05) is 6.92 Å². The molecule has 2 heterocycles. The molecule has 1 saturated heterocycles. The van der Waals surface area contributed by atoms with E-state index in [9.17, 15) is 0 Å². The maximum atomic E-state index is 5.63. The number of imidazole rings is 1. The van der Waals surface area contributed by atoms with Crippen molar-refractivity contribution in [2.45, 2.75) is 38.6 Å². The predicted molar refractivity (Wildman–Crippen MR) is 70.0 cm³/mol. The summed E-state index contributed by atoms with van der Waals surface area (Å²) < 4.78 is 2.34. The van der Waals surface area contributed by atoms with Crippen LogP contribution in [-0.2, 0) is 6.42 Å². The van der Waals surface area contributed by atoms with Crippen molar-refractivity contribution < 1.29 is 0 Å². The molecule has 0 saturated carbocycles. The van der Waals surface area contributed by atoms with Crippen LogP contribution in [0.25, 0.3) is 0 Å². The quantitative estimate of drug-likeness (QED) is 0.841. The Hall–Kier alpha value is -0.870. The van der Waals surface area contributed by atoms with E-state index >= 15 is 0 Å². The zero-order valence-electron chi connectivity index (χ0n) is 10.8. The number of rotatable bonds is 5. The molecule has 1 aromatic heterocycles. The Kier molecular flexibility index (Phi) is 4.57. The van der Waals surface area contributed by atoms with Crippen LogP contribution >= 0.6 is 0 Å². The number of piperidine rings is 1. The first-order valence-electron chi connectivity index (χ1n) is 6.78. The molecular formula is C13H24N4. The molecule has 0 radical (unpaired) electrons. The largest absolute Gasteiger partial charge is 0.331 e. The summed E-state index contributed by atoms with van der Waals surface area (Å²) in [4.78, 5) is 6.83. The van der Waals surface area contributed by atoms with Crippen molar-refractivity contribution in [3.8, 4) is 0 Å². The van der Waals surface area contributed by atoms with Crippen LogP contribution in [0.2, 0.25) is 0 Å². The second-order valence-electron chi connectivity index (χ2n) is 4.90. The first kappa shape index (κ1) is 12.6. The molecule has 96 valence electrons. The Labute approximate surface area is 104 Å². The second-order valence-corrected chi connectivity index (χ2v) is 4.90. The molecule has 0 spiro atoms. The van der Waals surface area contributed by atoms with E-state index in [-0.39, 0.29) is 0 Å². The summed E-state index contributed by atoms with van der Waals surface area (Å²) >= 11 is 0. The average Bonchev–Trinajstić information content (AvgIpc) is 2.79. The van der Waals surface area contributed by atoms with Crippen LogP contribution in [0.5, 0.6) is 0 Å². The molecule has 4 nitrogen and oxygen atoms in total. The van der Waals surface area contributed by atoms with Gasteiger partial charge < -0.3 is 15.2 Å². The van der Waals surface area contributed by atoms with E-state index in [1.165, 1.54) is 44.6 Å². The molecule has 1 fully saturated rings. The summed E-state index contributed by atoms with van der Waals surface area (Å²) in [5.74, 6) is 0. The molecule has 4 heteroatoms. The summed E-state index contributed by atoms with van der Waals surface area (Å²) in [7, 11) is 0. The van der Waals surface area contributed by atoms with Gasteiger partial charge in [0, 0.05) is 37.4 Å². The topological polar surface area (TPSA) is 47.1 Å². The van der Waals surface area contributed by atoms with Crippen LogP contribution in [0, 0.1) is 0 Å².